The molecule has 0 spiro atoms. The van der Waals surface area contributed by atoms with E-state index in [1.165, 1.54) is 6.42 Å². The Labute approximate surface area is 108 Å². The zero-order chi connectivity index (χ0) is 13.4. The molecular formula is C13H22NO4. The van der Waals surface area contributed by atoms with Gasteiger partial charge in [-0.25, -0.2) is 0 Å². The monoisotopic (exact) mass is 256 g/mol. The normalized spacial score (nSPS) is 18.1. The van der Waals surface area contributed by atoms with Gasteiger partial charge in [-0.15, -0.1) is 0 Å². The lowest BCUT2D eigenvalue weighted by atomic mass is 9.89. The van der Waals surface area contributed by atoms with Gasteiger partial charge in [0.05, 0.1) is 12.3 Å². The quantitative estimate of drug-likeness (QED) is 0.722. The number of hydrogen-bond acceptors (Lipinski definition) is 5. The molecule has 1 saturated carbocycles. The summed E-state index contributed by atoms with van der Waals surface area (Å²) in [6, 6.07) is 0. The molecule has 0 aromatic carbocycles. The molecule has 1 fully saturated rings. The average Bonchev–Trinajstić information content (AvgIpc) is 2.38. The largest absolute Gasteiger partial charge is 0.462 e. The molecule has 0 heterocycles. The highest BCUT2D eigenvalue weighted by Crippen LogP contribution is 2.24. The number of nitrogens with two attached hydrogens (primary N) is 1. The Kier molecular flexibility index (Phi) is 6.72. The molecule has 18 heavy (non-hydrogen) atoms. The number of carbonyl (C=O) groups excluding carboxylic acids is 2. The molecule has 1 aliphatic carbocycles. The summed E-state index contributed by atoms with van der Waals surface area (Å²) < 4.78 is 10.0. The number of carbonyl (C=O) groups is 2. The van der Waals surface area contributed by atoms with Crippen molar-refractivity contribution >= 4 is 11.9 Å². The molecule has 0 aromatic rings. The first-order valence-corrected chi connectivity index (χ1v) is 6.52. The summed E-state index contributed by atoms with van der Waals surface area (Å²) in [6.07, 6.45) is 4.65. The Morgan fingerprint density at radius 1 is 1.28 bits per heavy atom. The fraction of sp³-hybridized carbons (Fsp3) is 0.769. The van der Waals surface area contributed by atoms with Crippen molar-refractivity contribution in [3.63, 3.8) is 0 Å². The first kappa shape index (κ1) is 15.0. The molecular weight excluding hydrogens is 234 g/mol. The van der Waals surface area contributed by atoms with Crippen molar-refractivity contribution in [2.24, 2.45) is 11.7 Å². The van der Waals surface area contributed by atoms with Gasteiger partial charge >= 0.3 is 11.9 Å². The van der Waals surface area contributed by atoms with Crippen molar-refractivity contribution in [2.75, 3.05) is 13.2 Å². The molecule has 1 rings (SSSR count). The smallest absolute Gasteiger partial charge is 0.309 e. The highest BCUT2D eigenvalue weighted by Gasteiger charge is 2.24. The molecule has 5 heteroatoms. The van der Waals surface area contributed by atoms with Crippen LogP contribution < -0.4 is 5.73 Å². The van der Waals surface area contributed by atoms with Gasteiger partial charge in [0, 0.05) is 6.54 Å². The van der Waals surface area contributed by atoms with Crippen molar-refractivity contribution in [1.82, 2.24) is 0 Å². The lowest BCUT2D eigenvalue weighted by molar-refractivity contribution is -0.160. The molecule has 0 amide bonds. The maximum atomic E-state index is 11.8. The van der Waals surface area contributed by atoms with Gasteiger partial charge in [-0.05, 0) is 19.8 Å². The van der Waals surface area contributed by atoms with E-state index in [-0.39, 0.29) is 37.4 Å². The van der Waals surface area contributed by atoms with Gasteiger partial charge in [0.2, 0.25) is 0 Å². The van der Waals surface area contributed by atoms with Crippen LogP contribution in [0.2, 0.25) is 0 Å². The van der Waals surface area contributed by atoms with Crippen LogP contribution in [0.5, 0.6) is 0 Å². The van der Waals surface area contributed by atoms with E-state index in [9.17, 15) is 9.59 Å². The van der Waals surface area contributed by atoms with Gasteiger partial charge in [-0.1, -0.05) is 19.3 Å². The van der Waals surface area contributed by atoms with Crippen LogP contribution in [-0.2, 0) is 19.1 Å². The zero-order valence-electron chi connectivity index (χ0n) is 10.7. The zero-order valence-corrected chi connectivity index (χ0v) is 10.7. The minimum Gasteiger partial charge on any atom is -0.462 e. The van der Waals surface area contributed by atoms with Crippen LogP contribution in [0.4, 0.5) is 0 Å². The molecule has 1 atom stereocenters. The Balaban J connectivity index is 2.20. The second kappa shape index (κ2) is 8.08. The van der Waals surface area contributed by atoms with Gasteiger partial charge in [0.15, 0.2) is 0 Å². The fourth-order valence-electron chi connectivity index (χ4n) is 2.01. The second-order valence-corrected chi connectivity index (χ2v) is 4.62. The molecule has 2 N–H and O–H groups in total. The minimum absolute atomic E-state index is 0.00269. The Morgan fingerprint density at radius 2 is 1.94 bits per heavy atom. The topological polar surface area (TPSA) is 78.6 Å². The van der Waals surface area contributed by atoms with E-state index in [4.69, 9.17) is 15.2 Å². The summed E-state index contributed by atoms with van der Waals surface area (Å²) in [4.78, 5) is 22.8. The molecule has 1 unspecified atom stereocenters. The molecule has 1 radical (unpaired) electrons. The van der Waals surface area contributed by atoms with Crippen molar-refractivity contribution in [3.05, 3.63) is 6.92 Å². The standard InChI is InChI=1S/C13H22NO4/c1-10(9-17-12(15)7-8-14)18-13(16)11-5-3-2-4-6-11/h10-11H,1-9,14H2. The molecule has 1 aliphatic rings. The summed E-state index contributed by atoms with van der Waals surface area (Å²) in [5.74, 6) is -0.618. The van der Waals surface area contributed by atoms with Crippen LogP contribution in [0.15, 0.2) is 0 Å². The van der Waals surface area contributed by atoms with Gasteiger partial charge in [-0.2, -0.15) is 0 Å². The van der Waals surface area contributed by atoms with Gasteiger partial charge in [0.1, 0.15) is 12.7 Å². The fourth-order valence-corrected chi connectivity index (χ4v) is 2.01. The number of esters is 2. The maximum absolute atomic E-state index is 11.8. The lowest BCUT2D eigenvalue weighted by Gasteiger charge is -2.22. The van der Waals surface area contributed by atoms with Crippen molar-refractivity contribution < 1.29 is 19.1 Å². The highest BCUT2D eigenvalue weighted by atomic mass is 16.6. The maximum Gasteiger partial charge on any atom is 0.309 e. The Bertz CT molecular complexity index is 274. The summed E-state index contributed by atoms with van der Waals surface area (Å²) >= 11 is 0. The van der Waals surface area contributed by atoms with Crippen LogP contribution in [0.25, 0.3) is 0 Å². The van der Waals surface area contributed by atoms with E-state index in [2.05, 4.69) is 6.92 Å². The first-order chi connectivity index (χ1) is 8.63. The number of rotatable bonds is 6. The van der Waals surface area contributed by atoms with Crippen LogP contribution >= 0.6 is 0 Å². The second-order valence-electron chi connectivity index (χ2n) is 4.62. The third-order valence-corrected chi connectivity index (χ3v) is 3.00. The van der Waals surface area contributed by atoms with Crippen molar-refractivity contribution in [2.45, 2.75) is 44.6 Å². The number of ether oxygens (including phenoxy) is 2. The average molecular weight is 256 g/mol. The van der Waals surface area contributed by atoms with Crippen LogP contribution in [-0.4, -0.2) is 31.2 Å². The molecule has 0 aliphatic heterocycles. The van der Waals surface area contributed by atoms with Crippen LogP contribution in [0, 0.1) is 12.8 Å². The van der Waals surface area contributed by atoms with Crippen LogP contribution in [0.3, 0.4) is 0 Å². The van der Waals surface area contributed by atoms with E-state index in [1.807, 2.05) is 0 Å². The van der Waals surface area contributed by atoms with E-state index in [0.717, 1.165) is 25.7 Å². The molecule has 5 nitrogen and oxygen atoms in total. The summed E-state index contributed by atoms with van der Waals surface area (Å²) in [6.45, 7) is 3.90. The third kappa shape index (κ3) is 5.49. The van der Waals surface area contributed by atoms with E-state index in [1.54, 1.807) is 0 Å². The lowest BCUT2D eigenvalue weighted by Crippen LogP contribution is -2.28. The molecule has 0 aromatic heterocycles. The van der Waals surface area contributed by atoms with Gasteiger partial charge in [-0.3, -0.25) is 9.59 Å². The summed E-state index contributed by atoms with van der Waals surface area (Å²) in [7, 11) is 0. The van der Waals surface area contributed by atoms with Gasteiger partial charge in [0.25, 0.3) is 0 Å². The Hall–Kier alpha value is -1.10. The molecule has 103 valence electrons. The number of hydrogen-bond donors (Lipinski definition) is 1. The Morgan fingerprint density at radius 3 is 2.56 bits per heavy atom. The minimum atomic E-state index is -0.638. The van der Waals surface area contributed by atoms with Crippen molar-refractivity contribution in [3.8, 4) is 0 Å². The highest BCUT2D eigenvalue weighted by molar-refractivity contribution is 5.73. The first-order valence-electron chi connectivity index (χ1n) is 6.52. The van der Waals surface area contributed by atoms with E-state index >= 15 is 0 Å². The predicted molar refractivity (Wildman–Crippen MR) is 66.4 cm³/mol. The van der Waals surface area contributed by atoms with Crippen molar-refractivity contribution in [1.29, 1.82) is 0 Å². The predicted octanol–water partition coefficient (Wildman–Crippen LogP) is 1.20. The van der Waals surface area contributed by atoms with E-state index in [0.29, 0.717) is 0 Å². The summed E-state index contributed by atoms with van der Waals surface area (Å²) in [5.41, 5.74) is 5.21. The third-order valence-electron chi connectivity index (χ3n) is 3.00. The molecule has 0 saturated heterocycles. The van der Waals surface area contributed by atoms with Crippen LogP contribution in [0.1, 0.15) is 38.5 Å². The SMILES string of the molecule is [CH2]C(COC(=O)CCN)OC(=O)C1CCCCC1. The summed E-state index contributed by atoms with van der Waals surface area (Å²) in [5, 5.41) is 0. The molecule has 0 bridgehead atoms. The van der Waals surface area contributed by atoms with E-state index < -0.39 is 6.10 Å². The van der Waals surface area contributed by atoms with Gasteiger partial charge < -0.3 is 15.2 Å².